The van der Waals surface area contributed by atoms with Crippen LogP contribution in [0.5, 0.6) is 0 Å². The van der Waals surface area contributed by atoms with Gasteiger partial charge in [-0.2, -0.15) is 0 Å². The fraction of sp³-hybridized carbons (Fsp3) is 0.636. The lowest BCUT2D eigenvalue weighted by Gasteiger charge is -2.38. The molecule has 0 radical (unpaired) electrons. The van der Waals surface area contributed by atoms with Gasteiger partial charge in [0.05, 0.1) is 23.0 Å². The summed E-state index contributed by atoms with van der Waals surface area (Å²) in [5, 5.41) is 9.92. The molecule has 0 bridgehead atoms. The number of rotatable bonds is 4. The standard InChI is InChI=1S/C22H31N3O3/c26-21(27)17-15-24(14-16-8-4-2-1-3-5-9-16)13-12-19(17)25-20-11-7-6-10-18(20)23-22(25)28/h6-7,10-11,16-17,19H,1-5,8-9,12-15H2,(H,23,28)(H,26,27). The van der Waals surface area contributed by atoms with Crippen molar-refractivity contribution in [2.24, 2.45) is 11.8 Å². The van der Waals surface area contributed by atoms with Crippen LogP contribution >= 0.6 is 0 Å². The molecule has 2 aliphatic rings. The molecule has 1 aromatic carbocycles. The van der Waals surface area contributed by atoms with Gasteiger partial charge >= 0.3 is 11.7 Å². The Balaban J connectivity index is 1.51. The van der Waals surface area contributed by atoms with Crippen molar-refractivity contribution in [3.05, 3.63) is 34.7 Å². The SMILES string of the molecule is O=C(O)C1CN(CC2CCCCCCC2)CCC1n1c(=O)[nH]c2ccccc21. The summed E-state index contributed by atoms with van der Waals surface area (Å²) >= 11 is 0. The number of hydrogen-bond acceptors (Lipinski definition) is 3. The molecule has 28 heavy (non-hydrogen) atoms. The number of H-pyrrole nitrogens is 1. The highest BCUT2D eigenvalue weighted by atomic mass is 16.4. The number of carboxylic acid groups (broad SMARTS) is 1. The third-order valence-corrected chi connectivity index (χ3v) is 6.67. The third-order valence-electron chi connectivity index (χ3n) is 6.67. The Morgan fingerprint density at radius 2 is 1.79 bits per heavy atom. The van der Waals surface area contributed by atoms with Crippen LogP contribution in [-0.4, -0.2) is 45.2 Å². The number of imidazole rings is 1. The fourth-order valence-electron chi connectivity index (χ4n) is 5.22. The highest BCUT2D eigenvalue weighted by Gasteiger charge is 2.37. The van der Waals surface area contributed by atoms with Crippen molar-refractivity contribution in [1.29, 1.82) is 0 Å². The van der Waals surface area contributed by atoms with Gasteiger partial charge in [0.15, 0.2) is 0 Å². The lowest BCUT2D eigenvalue weighted by molar-refractivity contribution is -0.145. The number of likely N-dealkylation sites (tertiary alicyclic amines) is 1. The first-order valence-electron chi connectivity index (χ1n) is 10.8. The number of nitrogens with zero attached hydrogens (tertiary/aromatic N) is 2. The van der Waals surface area contributed by atoms with Crippen molar-refractivity contribution >= 4 is 17.0 Å². The van der Waals surface area contributed by atoms with Crippen LogP contribution in [0, 0.1) is 11.8 Å². The Bertz CT molecular complexity index is 863. The van der Waals surface area contributed by atoms with Gasteiger partial charge in [-0.25, -0.2) is 4.79 Å². The molecule has 2 heterocycles. The normalized spacial score (nSPS) is 25.4. The Hall–Kier alpha value is -2.08. The number of aromatic nitrogens is 2. The number of carbonyl (C=O) groups is 1. The maximum Gasteiger partial charge on any atom is 0.326 e. The van der Waals surface area contributed by atoms with Gasteiger partial charge in [-0.1, -0.05) is 44.2 Å². The second-order valence-electron chi connectivity index (χ2n) is 8.59. The Morgan fingerprint density at radius 3 is 2.54 bits per heavy atom. The highest BCUT2D eigenvalue weighted by molar-refractivity contribution is 5.76. The van der Waals surface area contributed by atoms with Gasteiger partial charge in [0.2, 0.25) is 0 Å². The average molecular weight is 386 g/mol. The quantitative estimate of drug-likeness (QED) is 0.842. The molecular weight excluding hydrogens is 354 g/mol. The molecule has 1 aromatic heterocycles. The maximum absolute atomic E-state index is 12.6. The van der Waals surface area contributed by atoms with E-state index in [1.54, 1.807) is 4.57 Å². The molecule has 2 N–H and O–H groups in total. The zero-order valence-corrected chi connectivity index (χ0v) is 16.5. The van der Waals surface area contributed by atoms with Crippen molar-refractivity contribution in [1.82, 2.24) is 14.5 Å². The summed E-state index contributed by atoms with van der Waals surface area (Å²) in [5.74, 6) is -0.675. The first-order chi connectivity index (χ1) is 13.6. The largest absolute Gasteiger partial charge is 0.481 e. The van der Waals surface area contributed by atoms with E-state index in [1.165, 1.54) is 44.9 Å². The molecule has 2 unspecified atom stereocenters. The van der Waals surface area contributed by atoms with E-state index in [9.17, 15) is 14.7 Å². The first kappa shape index (κ1) is 19.2. The predicted molar refractivity (Wildman–Crippen MR) is 110 cm³/mol. The zero-order chi connectivity index (χ0) is 19.5. The Labute approximate surface area is 165 Å². The lowest BCUT2D eigenvalue weighted by atomic mass is 9.88. The van der Waals surface area contributed by atoms with Crippen molar-refractivity contribution < 1.29 is 9.90 Å². The summed E-state index contributed by atoms with van der Waals surface area (Å²) in [7, 11) is 0. The van der Waals surface area contributed by atoms with E-state index in [-0.39, 0.29) is 11.7 Å². The average Bonchev–Trinajstić information content (AvgIpc) is 2.99. The molecule has 0 spiro atoms. The van der Waals surface area contributed by atoms with E-state index >= 15 is 0 Å². The lowest BCUT2D eigenvalue weighted by Crippen LogP contribution is -2.47. The van der Waals surface area contributed by atoms with E-state index in [4.69, 9.17) is 0 Å². The molecule has 2 aromatic rings. The first-order valence-corrected chi connectivity index (χ1v) is 10.8. The molecule has 2 fully saturated rings. The summed E-state index contributed by atoms with van der Waals surface area (Å²) in [6.07, 6.45) is 9.85. The second-order valence-corrected chi connectivity index (χ2v) is 8.59. The van der Waals surface area contributed by atoms with Crippen molar-refractivity contribution in [3.63, 3.8) is 0 Å². The van der Waals surface area contributed by atoms with Crippen LogP contribution in [0.2, 0.25) is 0 Å². The summed E-state index contributed by atoms with van der Waals surface area (Å²) in [5.41, 5.74) is 1.37. The van der Waals surface area contributed by atoms with E-state index in [1.807, 2.05) is 24.3 Å². The minimum atomic E-state index is -0.801. The topological polar surface area (TPSA) is 78.3 Å². The minimum absolute atomic E-state index is 0.203. The van der Waals surface area contributed by atoms with Crippen LogP contribution in [-0.2, 0) is 4.79 Å². The third kappa shape index (κ3) is 4.02. The Kier molecular flexibility index (Phi) is 5.85. The number of carboxylic acids is 1. The summed E-state index contributed by atoms with van der Waals surface area (Å²) < 4.78 is 1.68. The van der Waals surface area contributed by atoms with Crippen LogP contribution in [0.4, 0.5) is 0 Å². The van der Waals surface area contributed by atoms with Crippen LogP contribution in [0.1, 0.15) is 57.4 Å². The second kappa shape index (κ2) is 8.52. The minimum Gasteiger partial charge on any atom is -0.481 e. The van der Waals surface area contributed by atoms with Crippen LogP contribution in [0.25, 0.3) is 11.0 Å². The molecule has 2 atom stereocenters. The molecule has 1 saturated carbocycles. The zero-order valence-electron chi connectivity index (χ0n) is 16.5. The van der Waals surface area contributed by atoms with Crippen molar-refractivity contribution in [2.75, 3.05) is 19.6 Å². The predicted octanol–water partition coefficient (Wildman–Crippen LogP) is 3.64. The van der Waals surface area contributed by atoms with Gasteiger partial charge in [0, 0.05) is 19.6 Å². The monoisotopic (exact) mass is 385 g/mol. The number of para-hydroxylation sites is 2. The highest BCUT2D eigenvalue weighted by Crippen LogP contribution is 2.32. The molecule has 4 rings (SSSR count). The summed E-state index contributed by atoms with van der Waals surface area (Å²) in [6, 6.07) is 7.25. The number of fused-ring (bicyclic) bond motifs is 1. The molecule has 6 heteroatoms. The van der Waals surface area contributed by atoms with E-state index in [0.29, 0.717) is 18.9 Å². The summed E-state index contributed by atoms with van der Waals surface area (Å²) in [6.45, 7) is 2.39. The Morgan fingerprint density at radius 1 is 1.07 bits per heavy atom. The molecule has 1 saturated heterocycles. The van der Waals surface area contributed by atoms with Crippen molar-refractivity contribution in [2.45, 2.75) is 57.4 Å². The van der Waals surface area contributed by atoms with Gasteiger partial charge in [-0.3, -0.25) is 9.36 Å². The number of piperidine rings is 1. The molecule has 0 amide bonds. The number of hydrogen-bond donors (Lipinski definition) is 2. The fourth-order valence-corrected chi connectivity index (χ4v) is 5.22. The number of aromatic amines is 1. The molecular formula is C22H31N3O3. The van der Waals surface area contributed by atoms with Gasteiger partial charge in [-0.15, -0.1) is 0 Å². The van der Waals surface area contributed by atoms with Gasteiger partial charge in [-0.05, 0) is 37.3 Å². The maximum atomic E-state index is 12.6. The van der Waals surface area contributed by atoms with E-state index in [2.05, 4.69) is 9.88 Å². The van der Waals surface area contributed by atoms with Crippen LogP contribution < -0.4 is 5.69 Å². The smallest absolute Gasteiger partial charge is 0.326 e. The van der Waals surface area contributed by atoms with Crippen LogP contribution in [0.3, 0.4) is 0 Å². The van der Waals surface area contributed by atoms with Crippen molar-refractivity contribution in [3.8, 4) is 0 Å². The number of aliphatic carboxylic acids is 1. The molecule has 1 aliphatic heterocycles. The number of benzene rings is 1. The van der Waals surface area contributed by atoms with E-state index < -0.39 is 11.9 Å². The van der Waals surface area contributed by atoms with Gasteiger partial charge in [0.25, 0.3) is 0 Å². The van der Waals surface area contributed by atoms with Crippen LogP contribution in [0.15, 0.2) is 29.1 Å². The number of nitrogens with one attached hydrogen (secondary N) is 1. The molecule has 6 nitrogen and oxygen atoms in total. The molecule has 152 valence electrons. The van der Waals surface area contributed by atoms with Gasteiger partial charge in [0.1, 0.15) is 0 Å². The molecule has 1 aliphatic carbocycles. The van der Waals surface area contributed by atoms with E-state index in [0.717, 1.165) is 24.1 Å². The summed E-state index contributed by atoms with van der Waals surface area (Å²) in [4.78, 5) is 29.9. The van der Waals surface area contributed by atoms with Gasteiger partial charge < -0.3 is 15.0 Å².